The number of carbonyl (C=O) groups is 1. The average Bonchev–Trinajstić information content (AvgIpc) is 3.69. The van der Waals surface area contributed by atoms with Gasteiger partial charge < -0.3 is 82.4 Å². The van der Waals surface area contributed by atoms with Crippen LogP contribution in [0.2, 0.25) is 0 Å². The molecule has 7 heterocycles. The molecule has 0 aromatic rings. The number of esters is 1. The number of fused-ring (bicyclic) bond motifs is 2. The van der Waals surface area contributed by atoms with Gasteiger partial charge in [0, 0.05) is 58.2 Å². The zero-order valence-corrected chi connectivity index (χ0v) is 43.7. The zero-order chi connectivity index (χ0) is 51.8. The monoisotopic (exact) mass is 1020 g/mol. The number of aliphatic hydroxyl groups is 5. The predicted molar refractivity (Wildman–Crippen MR) is 259 cm³/mol. The van der Waals surface area contributed by atoms with Crippen molar-refractivity contribution in [2.24, 2.45) is 23.7 Å². The summed E-state index contributed by atoms with van der Waals surface area (Å²) >= 11 is 0. The Morgan fingerprint density at radius 3 is 2.11 bits per heavy atom. The fourth-order valence-corrected chi connectivity index (χ4v) is 12.1. The lowest BCUT2D eigenvalue weighted by Gasteiger charge is -2.48. The Bertz CT molecular complexity index is 2010. The van der Waals surface area contributed by atoms with Gasteiger partial charge in [-0.3, -0.25) is 4.79 Å². The van der Waals surface area contributed by atoms with E-state index < -0.39 is 134 Å². The summed E-state index contributed by atoms with van der Waals surface area (Å²) in [5.74, 6) is -2.71. The molecule has 8 aliphatic rings. The van der Waals surface area contributed by atoms with Gasteiger partial charge in [-0.2, -0.15) is 0 Å². The van der Waals surface area contributed by atoms with E-state index in [1.54, 1.807) is 33.3 Å². The molecule has 5 saturated heterocycles. The summed E-state index contributed by atoms with van der Waals surface area (Å²) in [4.78, 5) is 14.4. The maximum atomic E-state index is 14.4. The number of hydrogen-bond acceptors (Lipinski definition) is 18. The van der Waals surface area contributed by atoms with E-state index in [1.165, 1.54) is 0 Å². The molecule has 0 aromatic heterocycles. The number of aliphatic hydroxyl groups excluding tert-OH is 4. The lowest BCUT2D eigenvalue weighted by Crippen LogP contribution is -2.58. The predicted octanol–water partition coefficient (Wildman–Crippen LogP) is 4.23. The van der Waals surface area contributed by atoms with Crippen LogP contribution in [-0.2, 0) is 61.6 Å². The molecule has 1 aliphatic carbocycles. The number of ether oxygens (including phenoxy) is 12. The van der Waals surface area contributed by atoms with Gasteiger partial charge in [-0.15, -0.1) is 0 Å². The van der Waals surface area contributed by atoms with E-state index in [0.29, 0.717) is 36.8 Å². The number of hydrogen-bond donors (Lipinski definition) is 5. The van der Waals surface area contributed by atoms with Crippen LogP contribution in [0.25, 0.3) is 0 Å². The Balaban J connectivity index is 1.01. The van der Waals surface area contributed by atoms with Gasteiger partial charge >= 0.3 is 5.97 Å². The Hall–Kier alpha value is -2.47. The Morgan fingerprint density at radius 1 is 0.819 bits per heavy atom. The molecule has 24 atom stereocenters. The van der Waals surface area contributed by atoms with E-state index in [-0.39, 0.29) is 43.3 Å². The SMILES string of the molecule is CC[C@@H](C)[C@H]1O[C@]2(C=C[C@@H]1C)C[C@@H]1C[C@@H](C/C=C(/C)[C@@H](O[C@H]3C[C@H](OC)[C@@H](O[C@H]4C[C@H](OC)[C@@H](O[C@H]5C[C@@H](O)[C@H](O)[C@@H](CO)O5)[C@H](C)O4)[C@H](C)O3)[C@@H](C)/C=C/C=C3/CO[C@@H]4[C@H](O)C(C)=C[C@H](C(=O)O1)[C@]34O)O2. The number of allylic oxidation sites excluding steroid dienone is 2. The van der Waals surface area contributed by atoms with Crippen LogP contribution in [0.1, 0.15) is 100 Å². The highest BCUT2D eigenvalue weighted by Gasteiger charge is 2.60. The quantitative estimate of drug-likeness (QED) is 0.144. The highest BCUT2D eigenvalue weighted by atomic mass is 16.8. The van der Waals surface area contributed by atoms with Crippen molar-refractivity contribution >= 4 is 5.97 Å². The molecule has 72 heavy (non-hydrogen) atoms. The number of methoxy groups -OCH3 is 2. The summed E-state index contributed by atoms with van der Waals surface area (Å²) in [5.41, 5.74) is 0.0433. The molecule has 18 heteroatoms. The number of rotatable bonds is 11. The molecular weight excluding hydrogens is 937 g/mol. The average molecular weight is 1020 g/mol. The molecule has 8 rings (SSSR count). The van der Waals surface area contributed by atoms with Gasteiger partial charge in [-0.25, -0.2) is 0 Å². The van der Waals surface area contributed by atoms with E-state index in [1.807, 2.05) is 45.9 Å². The first kappa shape index (κ1) is 55.8. The van der Waals surface area contributed by atoms with Crippen LogP contribution in [-0.4, -0.2) is 181 Å². The van der Waals surface area contributed by atoms with Crippen LogP contribution in [0.15, 0.2) is 59.3 Å². The highest BCUT2D eigenvalue weighted by molar-refractivity contribution is 5.78. The van der Waals surface area contributed by atoms with Gasteiger partial charge in [0.2, 0.25) is 0 Å². The topological polar surface area (TPSA) is 229 Å². The minimum atomic E-state index is -1.86. The van der Waals surface area contributed by atoms with Crippen molar-refractivity contribution in [2.75, 3.05) is 27.4 Å². The standard InChI is InChI=1S/C54H82O18/c1-11-27(2)48-30(5)17-18-53(72-48)24-36-20-35(71-53)16-15-29(4)47(28(3)13-12-14-34-26-63-51-45(57)31(6)19-37(52(59)66-36)54(34,51)60)68-43-22-39(61-9)50(33(8)64-43)70-44-23-40(62-10)49(32(7)65-44)69-42-21-38(56)46(58)41(25-55)67-42/h12-15,17-19,27-28,30,32-33,35-51,55-58,60H,11,16,20-26H2,1-10H3/b13-12+,29-15-,34-14-/t27-,28+,30+,32+,33+,35-,36+,37-,38-,39+,40+,41-,42+,43+,44+,45-,46+,47+,48-,49+,50+,51-,53-,54-/m1/s1. The normalized spacial score (nSPS) is 49.4. The molecule has 0 aromatic carbocycles. The molecular formula is C54H82O18. The zero-order valence-electron chi connectivity index (χ0n) is 43.7. The second kappa shape index (κ2) is 23.4. The lowest BCUT2D eigenvalue weighted by atomic mass is 9.71. The third-order valence-corrected chi connectivity index (χ3v) is 16.5. The minimum Gasteiger partial charge on any atom is -0.462 e. The van der Waals surface area contributed by atoms with Crippen LogP contribution in [0.4, 0.5) is 0 Å². The summed E-state index contributed by atoms with van der Waals surface area (Å²) in [7, 11) is 3.20. The van der Waals surface area contributed by atoms with Crippen LogP contribution in [0.5, 0.6) is 0 Å². The Kier molecular flexibility index (Phi) is 18.1. The first-order valence-corrected chi connectivity index (χ1v) is 26.3. The third kappa shape index (κ3) is 11.6. The molecule has 5 fully saturated rings. The molecule has 1 spiro atoms. The first-order valence-electron chi connectivity index (χ1n) is 26.3. The van der Waals surface area contributed by atoms with Crippen molar-refractivity contribution < 1.29 is 87.2 Å². The second-order valence-corrected chi connectivity index (χ2v) is 21.6. The van der Waals surface area contributed by atoms with Crippen LogP contribution < -0.4 is 0 Å². The molecule has 2 bridgehead atoms. The fraction of sp³-hybridized carbons (Fsp3) is 0.796. The number of carbonyl (C=O) groups excluding carboxylic acids is 1. The van der Waals surface area contributed by atoms with Gasteiger partial charge in [-0.1, -0.05) is 70.6 Å². The highest BCUT2D eigenvalue weighted by Crippen LogP contribution is 2.47. The summed E-state index contributed by atoms with van der Waals surface area (Å²) in [6.45, 7) is 15.5. The van der Waals surface area contributed by atoms with Crippen LogP contribution >= 0.6 is 0 Å². The van der Waals surface area contributed by atoms with E-state index >= 15 is 0 Å². The first-order chi connectivity index (χ1) is 34.3. The van der Waals surface area contributed by atoms with Crippen molar-refractivity contribution in [3.05, 3.63) is 59.3 Å². The summed E-state index contributed by atoms with van der Waals surface area (Å²) in [6, 6.07) is 0. The van der Waals surface area contributed by atoms with E-state index in [9.17, 15) is 30.3 Å². The van der Waals surface area contributed by atoms with E-state index in [0.717, 1.165) is 12.0 Å². The fourth-order valence-electron chi connectivity index (χ4n) is 12.1. The molecule has 5 N–H and O–H groups in total. The summed E-state index contributed by atoms with van der Waals surface area (Å²) in [5, 5.41) is 54.1. The Labute approximate surface area is 424 Å². The third-order valence-electron chi connectivity index (χ3n) is 16.5. The molecule has 406 valence electrons. The van der Waals surface area contributed by atoms with Crippen molar-refractivity contribution in [2.45, 2.75) is 222 Å². The van der Waals surface area contributed by atoms with Gasteiger partial charge in [0.15, 0.2) is 24.7 Å². The van der Waals surface area contributed by atoms with Crippen molar-refractivity contribution in [3.8, 4) is 0 Å². The van der Waals surface area contributed by atoms with Gasteiger partial charge in [-0.05, 0) is 62.8 Å². The molecule has 7 aliphatic heterocycles. The smallest absolute Gasteiger partial charge is 0.316 e. The van der Waals surface area contributed by atoms with E-state index in [4.69, 9.17) is 56.8 Å². The minimum absolute atomic E-state index is 0.00966. The van der Waals surface area contributed by atoms with Crippen molar-refractivity contribution in [1.29, 1.82) is 0 Å². The molecule has 0 saturated carbocycles. The second-order valence-electron chi connectivity index (χ2n) is 21.6. The molecule has 0 radical (unpaired) electrons. The van der Waals surface area contributed by atoms with Crippen molar-refractivity contribution in [3.63, 3.8) is 0 Å². The summed E-state index contributed by atoms with van der Waals surface area (Å²) < 4.78 is 76.8. The molecule has 0 amide bonds. The van der Waals surface area contributed by atoms with Crippen LogP contribution in [0.3, 0.4) is 0 Å². The van der Waals surface area contributed by atoms with E-state index in [2.05, 4.69) is 32.9 Å². The van der Waals surface area contributed by atoms with Gasteiger partial charge in [0.1, 0.15) is 54.2 Å². The lowest BCUT2D eigenvalue weighted by molar-refractivity contribution is -0.339. The van der Waals surface area contributed by atoms with Crippen molar-refractivity contribution in [1.82, 2.24) is 0 Å². The van der Waals surface area contributed by atoms with Gasteiger partial charge in [0.05, 0.1) is 62.0 Å². The molecule has 18 nitrogen and oxygen atoms in total. The summed E-state index contributed by atoms with van der Waals surface area (Å²) in [6.07, 6.45) is 3.50. The Morgan fingerprint density at radius 2 is 1.47 bits per heavy atom. The maximum Gasteiger partial charge on any atom is 0.316 e. The van der Waals surface area contributed by atoms with Gasteiger partial charge in [0.25, 0.3) is 0 Å². The molecule has 0 unspecified atom stereocenters. The largest absolute Gasteiger partial charge is 0.462 e. The maximum absolute atomic E-state index is 14.4. The van der Waals surface area contributed by atoms with Crippen LogP contribution in [0, 0.1) is 23.7 Å².